The summed E-state index contributed by atoms with van der Waals surface area (Å²) >= 11 is 1.44. The summed E-state index contributed by atoms with van der Waals surface area (Å²) < 4.78 is 14.7. The van der Waals surface area contributed by atoms with Crippen LogP contribution in [0.3, 0.4) is 0 Å². The van der Waals surface area contributed by atoms with Crippen LogP contribution in [0.1, 0.15) is 57.2 Å². The summed E-state index contributed by atoms with van der Waals surface area (Å²) in [5, 5.41) is 2.68. The lowest BCUT2D eigenvalue weighted by Crippen LogP contribution is -1.89. The summed E-state index contributed by atoms with van der Waals surface area (Å²) in [6.45, 7) is 8.57. The minimum Gasteiger partial charge on any atom is -0.243 e. The fourth-order valence-corrected chi connectivity index (χ4v) is 1.95. The van der Waals surface area contributed by atoms with Crippen LogP contribution in [0, 0.1) is 0 Å². The van der Waals surface area contributed by atoms with E-state index in [0.717, 1.165) is 10.7 Å². The topological polar surface area (TPSA) is 59.4 Å². The lowest BCUT2D eigenvalue weighted by molar-refractivity contribution is 0.272. The summed E-state index contributed by atoms with van der Waals surface area (Å²) in [6.07, 6.45) is 2.64. The van der Waals surface area contributed by atoms with Crippen molar-refractivity contribution in [1.29, 1.82) is 0 Å². The fourth-order valence-electron chi connectivity index (χ4n) is 0.767. The predicted molar refractivity (Wildman–Crippen MR) is 71.4 cm³/mol. The van der Waals surface area contributed by atoms with Gasteiger partial charge < -0.3 is 0 Å². The van der Waals surface area contributed by atoms with E-state index in [1.807, 2.05) is 19.2 Å². The quantitative estimate of drug-likeness (QED) is 0.818. The molecule has 0 saturated carbocycles. The first-order valence-electron chi connectivity index (χ1n) is 5.74. The normalized spacial score (nSPS) is 11.1. The standard InChI is InChI=1S/C7H10NO3PS.C4H10/c1-5(2)6-4-13-7(8-6)3-11-12(9)10;1-3-4-2/h4-5H,3H2,1-2H3;3-4H2,1-2H3/p+1. The van der Waals surface area contributed by atoms with Crippen molar-refractivity contribution in [2.75, 3.05) is 0 Å². The fraction of sp³-hybridized carbons (Fsp3) is 0.727. The van der Waals surface area contributed by atoms with E-state index in [9.17, 15) is 4.57 Å². The average Bonchev–Trinajstić information content (AvgIpc) is 2.75. The molecular formula is C11H21NO3PS+. The van der Waals surface area contributed by atoms with Crippen molar-refractivity contribution >= 4 is 19.6 Å². The molecule has 0 aliphatic rings. The summed E-state index contributed by atoms with van der Waals surface area (Å²) in [7, 11) is -2.51. The largest absolute Gasteiger partial charge is 0.695 e. The van der Waals surface area contributed by atoms with Gasteiger partial charge in [0.1, 0.15) is 5.01 Å². The van der Waals surface area contributed by atoms with Gasteiger partial charge in [0, 0.05) is 9.95 Å². The lowest BCUT2D eigenvalue weighted by Gasteiger charge is -1.95. The third kappa shape index (κ3) is 8.38. The molecule has 0 bridgehead atoms. The maximum absolute atomic E-state index is 10.2. The van der Waals surface area contributed by atoms with Crippen LogP contribution in [0.4, 0.5) is 0 Å². The number of unbranched alkanes of at least 4 members (excludes halogenated alkanes) is 1. The van der Waals surface area contributed by atoms with Crippen LogP contribution >= 0.6 is 19.6 Å². The average molecular weight is 278 g/mol. The lowest BCUT2D eigenvalue weighted by atomic mass is 10.2. The van der Waals surface area contributed by atoms with Gasteiger partial charge in [0.25, 0.3) is 0 Å². The summed E-state index contributed by atoms with van der Waals surface area (Å²) in [4.78, 5) is 12.6. The number of hydrogen-bond acceptors (Lipinski definition) is 4. The first kappa shape index (κ1) is 16.6. The number of rotatable bonds is 5. The Labute approximate surface area is 108 Å². The molecule has 0 saturated heterocycles. The second-order valence-electron chi connectivity index (χ2n) is 3.83. The Morgan fingerprint density at radius 2 is 2.06 bits per heavy atom. The van der Waals surface area contributed by atoms with Gasteiger partial charge in [-0.25, -0.2) is 4.98 Å². The Morgan fingerprint density at radius 1 is 1.47 bits per heavy atom. The second kappa shape index (κ2) is 9.66. The van der Waals surface area contributed by atoms with Crippen molar-refractivity contribution < 1.29 is 14.0 Å². The highest BCUT2D eigenvalue weighted by Gasteiger charge is 2.14. The van der Waals surface area contributed by atoms with Crippen molar-refractivity contribution in [3.05, 3.63) is 16.1 Å². The maximum atomic E-state index is 10.2. The first-order chi connectivity index (χ1) is 8.01. The zero-order chi connectivity index (χ0) is 13.3. The Morgan fingerprint density at radius 3 is 2.41 bits per heavy atom. The molecule has 1 N–H and O–H groups in total. The summed E-state index contributed by atoms with van der Waals surface area (Å²) in [5.74, 6) is 0.382. The van der Waals surface area contributed by atoms with Crippen molar-refractivity contribution in [3.63, 3.8) is 0 Å². The Bertz CT molecular complexity index is 326. The summed E-state index contributed by atoms with van der Waals surface area (Å²) in [5.41, 5.74) is 0.997. The molecule has 1 aromatic heterocycles. The van der Waals surface area contributed by atoms with E-state index in [-0.39, 0.29) is 6.61 Å². The van der Waals surface area contributed by atoms with E-state index in [1.165, 1.54) is 24.2 Å². The summed E-state index contributed by atoms with van der Waals surface area (Å²) in [6, 6.07) is 0. The number of thiazole rings is 1. The van der Waals surface area contributed by atoms with Gasteiger partial charge in [0.2, 0.25) is 0 Å². The molecule has 0 aliphatic heterocycles. The van der Waals surface area contributed by atoms with Gasteiger partial charge in [-0.3, -0.25) is 0 Å². The van der Waals surface area contributed by atoms with E-state index in [2.05, 4.69) is 23.4 Å². The SMILES string of the molecule is CC(C)c1csc(CO[P+](=O)O)n1.CCCC. The minimum absolute atomic E-state index is 0.114. The zero-order valence-electron chi connectivity index (χ0n) is 10.8. The molecule has 0 fully saturated rings. The molecule has 4 nitrogen and oxygen atoms in total. The predicted octanol–water partition coefficient (Wildman–Crippen LogP) is 4.24. The highest BCUT2D eigenvalue weighted by atomic mass is 32.1. The van der Waals surface area contributed by atoms with Crippen molar-refractivity contribution in [3.8, 4) is 0 Å². The van der Waals surface area contributed by atoms with Crippen LogP contribution in [0.2, 0.25) is 0 Å². The zero-order valence-corrected chi connectivity index (χ0v) is 12.6. The van der Waals surface area contributed by atoms with E-state index in [0.29, 0.717) is 5.92 Å². The van der Waals surface area contributed by atoms with Gasteiger partial charge in [0.15, 0.2) is 6.61 Å². The van der Waals surface area contributed by atoms with Crippen molar-refractivity contribution in [1.82, 2.24) is 4.98 Å². The molecule has 6 heteroatoms. The van der Waals surface area contributed by atoms with Crippen LogP contribution in [-0.4, -0.2) is 9.88 Å². The number of nitrogens with zero attached hydrogens (tertiary/aromatic N) is 1. The molecule has 1 rings (SSSR count). The molecule has 17 heavy (non-hydrogen) atoms. The highest BCUT2D eigenvalue weighted by Crippen LogP contribution is 2.22. The van der Waals surface area contributed by atoms with Gasteiger partial charge >= 0.3 is 8.25 Å². The van der Waals surface area contributed by atoms with Crippen LogP contribution in [0.5, 0.6) is 0 Å². The molecule has 1 aromatic rings. The van der Waals surface area contributed by atoms with Gasteiger partial charge in [0.05, 0.1) is 5.69 Å². The van der Waals surface area contributed by atoms with Gasteiger partial charge in [-0.2, -0.15) is 0 Å². The molecule has 0 aliphatic carbocycles. The van der Waals surface area contributed by atoms with Crippen LogP contribution in [-0.2, 0) is 15.7 Å². The maximum Gasteiger partial charge on any atom is 0.695 e. The molecule has 1 unspecified atom stereocenters. The van der Waals surface area contributed by atoms with Crippen molar-refractivity contribution in [2.24, 2.45) is 0 Å². The second-order valence-corrected chi connectivity index (χ2v) is 5.51. The molecule has 0 amide bonds. The molecular weight excluding hydrogens is 257 g/mol. The van der Waals surface area contributed by atoms with E-state index >= 15 is 0 Å². The van der Waals surface area contributed by atoms with E-state index in [1.54, 1.807) is 0 Å². The Hall–Kier alpha value is -0.350. The van der Waals surface area contributed by atoms with Crippen LogP contribution in [0.25, 0.3) is 0 Å². The van der Waals surface area contributed by atoms with Crippen molar-refractivity contribution in [2.45, 2.75) is 53.1 Å². The third-order valence-electron chi connectivity index (χ3n) is 1.96. The number of hydrogen-bond donors (Lipinski definition) is 1. The van der Waals surface area contributed by atoms with Crippen LogP contribution in [0.15, 0.2) is 5.38 Å². The van der Waals surface area contributed by atoms with E-state index < -0.39 is 8.25 Å². The Kier molecular flexibility index (Phi) is 9.46. The van der Waals surface area contributed by atoms with Gasteiger partial charge in [-0.15, -0.1) is 20.8 Å². The Balaban J connectivity index is 0.000000557. The first-order valence-corrected chi connectivity index (χ1v) is 7.75. The smallest absolute Gasteiger partial charge is 0.243 e. The van der Waals surface area contributed by atoms with Crippen LogP contribution < -0.4 is 0 Å². The molecule has 1 heterocycles. The molecule has 1 atom stereocenters. The molecule has 98 valence electrons. The van der Waals surface area contributed by atoms with Gasteiger partial charge in [-0.05, 0) is 5.92 Å². The number of aromatic nitrogens is 1. The third-order valence-corrected chi connectivity index (χ3v) is 3.15. The molecule has 0 aromatic carbocycles. The molecule has 0 radical (unpaired) electrons. The monoisotopic (exact) mass is 278 g/mol. The molecule has 0 spiro atoms. The minimum atomic E-state index is -2.51. The highest BCUT2D eigenvalue weighted by molar-refractivity contribution is 7.32. The van der Waals surface area contributed by atoms with E-state index in [4.69, 9.17) is 4.89 Å². The van der Waals surface area contributed by atoms with Gasteiger partial charge in [-0.1, -0.05) is 40.5 Å².